The Morgan fingerprint density at radius 1 is 1.26 bits per heavy atom. The van der Waals surface area contributed by atoms with Crippen molar-refractivity contribution >= 4 is 11.8 Å². The van der Waals surface area contributed by atoms with Gasteiger partial charge in [-0.15, -0.1) is 5.10 Å². The molecule has 3 atom stereocenters. The molecule has 2 aromatic rings. The third-order valence-electron chi connectivity index (χ3n) is 5.90. The van der Waals surface area contributed by atoms with Gasteiger partial charge in [-0.05, 0) is 49.5 Å². The predicted octanol–water partition coefficient (Wildman–Crippen LogP) is 3.23. The highest BCUT2D eigenvalue weighted by Crippen LogP contribution is 2.31. The number of carbonyl (C=O) groups is 1. The van der Waals surface area contributed by atoms with Crippen LogP contribution in [0.2, 0.25) is 0 Å². The Morgan fingerprint density at radius 2 is 2.09 bits per heavy atom. The topological polar surface area (TPSA) is 87.0 Å². The first-order chi connectivity index (χ1) is 16.5. The van der Waals surface area contributed by atoms with Gasteiger partial charge in [0.1, 0.15) is 30.2 Å². The van der Waals surface area contributed by atoms with Gasteiger partial charge in [-0.1, -0.05) is 30.3 Å². The summed E-state index contributed by atoms with van der Waals surface area (Å²) in [7, 11) is 0. The van der Waals surface area contributed by atoms with E-state index in [2.05, 4.69) is 22.5 Å². The van der Waals surface area contributed by atoms with Crippen LogP contribution in [0.5, 0.6) is 5.88 Å². The number of carbonyl (C=O) groups excluding carboxylic acids is 1. The van der Waals surface area contributed by atoms with Crippen molar-refractivity contribution in [3.8, 4) is 5.88 Å². The molecule has 1 fully saturated rings. The number of rotatable bonds is 10. The van der Waals surface area contributed by atoms with Gasteiger partial charge in [0.2, 0.25) is 17.7 Å². The van der Waals surface area contributed by atoms with E-state index in [1.165, 1.54) is 19.8 Å². The molecule has 0 bridgehead atoms. The van der Waals surface area contributed by atoms with Gasteiger partial charge in [-0.3, -0.25) is 9.48 Å². The lowest BCUT2D eigenvalue weighted by Gasteiger charge is -2.17. The minimum Gasteiger partial charge on any atom is -0.494 e. The SMILES string of the molecule is CC(=O)N[C@@H](C)COc1cc(C2=NC3C=C(OCC4CC4)C=CC3O2)n(Cc2ccccc2)n1. The highest BCUT2D eigenvalue weighted by Gasteiger charge is 2.33. The minimum atomic E-state index is -0.160. The normalized spacial score (nSPS) is 21.7. The van der Waals surface area contributed by atoms with Crippen molar-refractivity contribution in [1.82, 2.24) is 15.1 Å². The molecule has 1 aromatic heterocycles. The summed E-state index contributed by atoms with van der Waals surface area (Å²) in [6.45, 7) is 5.02. The lowest BCUT2D eigenvalue weighted by Crippen LogP contribution is -2.35. The second-order valence-electron chi connectivity index (χ2n) is 9.11. The first-order valence-corrected chi connectivity index (χ1v) is 11.8. The highest BCUT2D eigenvalue weighted by molar-refractivity contribution is 5.94. The second kappa shape index (κ2) is 9.75. The molecular formula is C26H30N4O4. The average Bonchev–Trinajstić information content (AvgIpc) is 3.42. The number of nitrogens with zero attached hydrogens (tertiary/aromatic N) is 3. The third kappa shape index (κ3) is 5.50. The van der Waals surface area contributed by atoms with E-state index in [-0.39, 0.29) is 24.1 Å². The summed E-state index contributed by atoms with van der Waals surface area (Å²) in [5.74, 6) is 2.46. The number of amides is 1. The minimum absolute atomic E-state index is 0.0932. The van der Waals surface area contributed by atoms with Crippen LogP contribution < -0.4 is 10.1 Å². The van der Waals surface area contributed by atoms with E-state index in [0.717, 1.165) is 23.6 Å². The van der Waals surface area contributed by atoms with Crippen LogP contribution in [0.4, 0.5) is 0 Å². The van der Waals surface area contributed by atoms with Crippen molar-refractivity contribution in [1.29, 1.82) is 0 Å². The van der Waals surface area contributed by atoms with E-state index in [0.29, 0.717) is 30.8 Å². The maximum Gasteiger partial charge on any atom is 0.236 e. The van der Waals surface area contributed by atoms with Gasteiger partial charge in [-0.2, -0.15) is 0 Å². The Balaban J connectivity index is 1.34. The Kier molecular flexibility index (Phi) is 6.38. The molecule has 178 valence electrons. The molecule has 1 saturated carbocycles. The summed E-state index contributed by atoms with van der Waals surface area (Å²) in [4.78, 5) is 16.1. The molecule has 0 spiro atoms. The van der Waals surface area contributed by atoms with Crippen LogP contribution in [0.1, 0.15) is 37.9 Å². The summed E-state index contributed by atoms with van der Waals surface area (Å²) in [6.07, 6.45) is 8.37. The number of aromatic nitrogens is 2. The fraction of sp³-hybridized carbons (Fsp3) is 0.423. The molecule has 1 N–H and O–H groups in total. The number of nitrogens with one attached hydrogen (secondary N) is 1. The lowest BCUT2D eigenvalue weighted by atomic mass is 10.1. The van der Waals surface area contributed by atoms with E-state index in [1.807, 2.05) is 54.1 Å². The monoisotopic (exact) mass is 462 g/mol. The maximum atomic E-state index is 11.3. The van der Waals surface area contributed by atoms with Crippen molar-refractivity contribution in [2.45, 2.75) is 51.4 Å². The second-order valence-corrected chi connectivity index (χ2v) is 9.11. The van der Waals surface area contributed by atoms with Gasteiger partial charge < -0.3 is 19.5 Å². The van der Waals surface area contributed by atoms with Gasteiger partial charge in [0.25, 0.3) is 0 Å². The summed E-state index contributed by atoms with van der Waals surface area (Å²) in [6, 6.07) is 11.7. The van der Waals surface area contributed by atoms with Crippen molar-refractivity contribution in [2.75, 3.05) is 13.2 Å². The summed E-state index contributed by atoms with van der Waals surface area (Å²) in [5.41, 5.74) is 1.86. The number of allylic oxidation sites excluding steroid dienone is 1. The molecule has 8 nitrogen and oxygen atoms in total. The Morgan fingerprint density at radius 3 is 2.85 bits per heavy atom. The van der Waals surface area contributed by atoms with Crippen LogP contribution in [0.15, 0.2) is 65.4 Å². The molecule has 1 aromatic carbocycles. The predicted molar refractivity (Wildman–Crippen MR) is 128 cm³/mol. The number of hydrogen-bond acceptors (Lipinski definition) is 6. The zero-order valence-electron chi connectivity index (χ0n) is 19.5. The lowest BCUT2D eigenvalue weighted by molar-refractivity contribution is -0.119. The van der Waals surface area contributed by atoms with Crippen LogP contribution in [-0.2, 0) is 20.8 Å². The van der Waals surface area contributed by atoms with Crippen LogP contribution in [0.3, 0.4) is 0 Å². The first-order valence-electron chi connectivity index (χ1n) is 11.8. The number of hydrogen-bond donors (Lipinski definition) is 1. The van der Waals surface area contributed by atoms with E-state index in [1.54, 1.807) is 0 Å². The molecule has 8 heteroatoms. The van der Waals surface area contributed by atoms with Crippen molar-refractivity contribution < 1.29 is 19.0 Å². The molecule has 5 rings (SSSR count). The number of fused-ring (bicyclic) bond motifs is 1. The van der Waals surface area contributed by atoms with Crippen LogP contribution in [0, 0.1) is 5.92 Å². The molecule has 2 unspecified atom stereocenters. The Bertz CT molecular complexity index is 1120. The highest BCUT2D eigenvalue weighted by atomic mass is 16.5. The first kappa shape index (κ1) is 22.3. The van der Waals surface area contributed by atoms with Crippen LogP contribution >= 0.6 is 0 Å². The molecular weight excluding hydrogens is 432 g/mol. The van der Waals surface area contributed by atoms with Crippen molar-refractivity contribution in [2.24, 2.45) is 10.9 Å². The van der Waals surface area contributed by atoms with Gasteiger partial charge >= 0.3 is 0 Å². The van der Waals surface area contributed by atoms with Gasteiger partial charge in [0, 0.05) is 13.0 Å². The average molecular weight is 463 g/mol. The Hall–Kier alpha value is -3.55. The Labute approximate surface area is 199 Å². The largest absolute Gasteiger partial charge is 0.494 e. The van der Waals surface area contributed by atoms with Gasteiger partial charge in [0.15, 0.2) is 0 Å². The number of ether oxygens (including phenoxy) is 3. The molecule has 0 radical (unpaired) electrons. The molecule has 2 heterocycles. The van der Waals surface area contributed by atoms with Crippen molar-refractivity contribution in [3.63, 3.8) is 0 Å². The summed E-state index contributed by atoms with van der Waals surface area (Å²) < 4.78 is 19.9. The fourth-order valence-corrected chi connectivity index (χ4v) is 3.97. The molecule has 0 saturated heterocycles. The molecule has 2 aliphatic carbocycles. The van der Waals surface area contributed by atoms with Crippen molar-refractivity contribution in [3.05, 3.63) is 71.6 Å². The van der Waals surface area contributed by atoms with Crippen LogP contribution in [0.25, 0.3) is 0 Å². The van der Waals surface area contributed by atoms with Crippen LogP contribution in [-0.4, -0.2) is 53.0 Å². The zero-order chi connectivity index (χ0) is 23.5. The molecule has 3 aliphatic rings. The van der Waals surface area contributed by atoms with E-state index in [9.17, 15) is 4.79 Å². The summed E-state index contributed by atoms with van der Waals surface area (Å²) >= 11 is 0. The molecule has 1 aliphatic heterocycles. The number of benzene rings is 1. The summed E-state index contributed by atoms with van der Waals surface area (Å²) in [5, 5.41) is 7.47. The van der Waals surface area contributed by atoms with Gasteiger partial charge in [0.05, 0.1) is 19.2 Å². The van der Waals surface area contributed by atoms with Gasteiger partial charge in [-0.25, -0.2) is 4.99 Å². The maximum absolute atomic E-state index is 11.3. The smallest absolute Gasteiger partial charge is 0.236 e. The standard InChI is InChI=1S/C26H30N4O4/c1-17(27-18(2)31)15-33-25-13-23(30(29-25)14-19-6-4-3-5-7-19)26-28-22-12-21(10-11-24(22)34-26)32-16-20-8-9-20/h3-7,10-13,17,20,22,24H,8-9,14-16H2,1-2H3,(H,27,31)/t17-,22?,24?/m0/s1. The third-order valence-corrected chi connectivity index (χ3v) is 5.90. The zero-order valence-corrected chi connectivity index (χ0v) is 19.5. The van der Waals surface area contributed by atoms with E-state index < -0.39 is 0 Å². The van der Waals surface area contributed by atoms with E-state index >= 15 is 0 Å². The molecule has 1 amide bonds. The van der Waals surface area contributed by atoms with E-state index in [4.69, 9.17) is 19.2 Å². The molecule has 34 heavy (non-hydrogen) atoms. The fourth-order valence-electron chi connectivity index (χ4n) is 3.97. The quantitative estimate of drug-likeness (QED) is 0.586. The number of aliphatic imine (C=N–C) groups is 1.